The number of anilines is 2. The highest BCUT2D eigenvalue weighted by atomic mass is 32.2. The molecule has 0 spiro atoms. The molecule has 0 fully saturated rings. The number of carbonyl (C=O) groups excluding carboxylic acids is 3. The van der Waals surface area contributed by atoms with Crippen molar-refractivity contribution in [1.29, 1.82) is 0 Å². The number of pyridine rings is 1. The molecule has 0 unspecified atom stereocenters. The smallest absolute Gasteiger partial charge is 0.272 e. The molecule has 0 aliphatic carbocycles. The van der Waals surface area contributed by atoms with E-state index in [1.807, 2.05) is 60.7 Å². The van der Waals surface area contributed by atoms with Crippen molar-refractivity contribution in [1.82, 2.24) is 10.3 Å². The second-order valence-corrected chi connectivity index (χ2v) is 10.1. The maximum Gasteiger partial charge on any atom is 0.272 e. The van der Waals surface area contributed by atoms with Crippen molar-refractivity contribution < 1.29 is 14.4 Å². The second-order valence-electron chi connectivity index (χ2n) is 9.01. The van der Waals surface area contributed by atoms with Crippen molar-refractivity contribution in [2.45, 2.75) is 4.90 Å². The standard InChI is InChI=1S/C33H26N4O3S/c38-31(36-29-14-6-12-24-9-4-5-13-28(24)29)22-41-27-17-15-26(16-18-27)35-33(40)30(20-23-8-7-19-34-21-23)37-32(39)25-10-2-1-3-11-25/h1-21H,22H2,(H,35,40)(H,36,38)(H,37,39)/b30-20-. The molecule has 0 bridgehead atoms. The van der Waals surface area contributed by atoms with Gasteiger partial charge in [-0.3, -0.25) is 19.4 Å². The van der Waals surface area contributed by atoms with E-state index in [2.05, 4.69) is 20.9 Å². The number of carbonyl (C=O) groups is 3. The highest BCUT2D eigenvalue weighted by molar-refractivity contribution is 8.00. The maximum atomic E-state index is 13.2. The minimum Gasteiger partial charge on any atom is -0.325 e. The van der Waals surface area contributed by atoms with E-state index in [9.17, 15) is 14.4 Å². The van der Waals surface area contributed by atoms with E-state index >= 15 is 0 Å². The Hall–Kier alpha value is -5.21. The predicted molar refractivity (Wildman–Crippen MR) is 164 cm³/mol. The maximum absolute atomic E-state index is 13.2. The van der Waals surface area contributed by atoms with Crippen molar-refractivity contribution in [3.63, 3.8) is 0 Å². The summed E-state index contributed by atoms with van der Waals surface area (Å²) in [5.41, 5.74) is 2.50. The Morgan fingerprint density at radius 3 is 2.29 bits per heavy atom. The number of rotatable bonds is 9. The number of hydrogen-bond acceptors (Lipinski definition) is 5. The summed E-state index contributed by atoms with van der Waals surface area (Å²) in [6.45, 7) is 0. The molecule has 8 heteroatoms. The van der Waals surface area contributed by atoms with Gasteiger partial charge in [-0.05, 0) is 65.6 Å². The number of hydrogen-bond donors (Lipinski definition) is 3. The van der Waals surface area contributed by atoms with Gasteiger partial charge in [0.05, 0.1) is 5.75 Å². The van der Waals surface area contributed by atoms with E-state index < -0.39 is 11.8 Å². The van der Waals surface area contributed by atoms with E-state index in [1.165, 1.54) is 11.8 Å². The van der Waals surface area contributed by atoms with Crippen LogP contribution in [0.4, 0.5) is 11.4 Å². The highest BCUT2D eigenvalue weighted by Crippen LogP contribution is 2.25. The van der Waals surface area contributed by atoms with Gasteiger partial charge < -0.3 is 16.0 Å². The molecule has 3 N–H and O–H groups in total. The van der Waals surface area contributed by atoms with Gasteiger partial charge in [-0.25, -0.2) is 0 Å². The Morgan fingerprint density at radius 2 is 1.51 bits per heavy atom. The van der Waals surface area contributed by atoms with Gasteiger partial charge in [-0.1, -0.05) is 60.7 Å². The zero-order valence-electron chi connectivity index (χ0n) is 21.9. The molecule has 5 rings (SSSR count). The third-order valence-corrected chi connectivity index (χ3v) is 7.08. The van der Waals surface area contributed by atoms with Gasteiger partial charge in [-0.15, -0.1) is 11.8 Å². The molecule has 1 heterocycles. The van der Waals surface area contributed by atoms with Crippen LogP contribution in [0.1, 0.15) is 15.9 Å². The molecule has 0 aliphatic rings. The predicted octanol–water partition coefficient (Wildman–Crippen LogP) is 6.38. The third kappa shape index (κ3) is 7.46. The minimum absolute atomic E-state index is 0.0791. The number of benzene rings is 4. The SMILES string of the molecule is O=C(CSc1ccc(NC(=O)/C(=C/c2cccnc2)NC(=O)c2ccccc2)cc1)Nc1cccc2ccccc12. The molecule has 4 aromatic carbocycles. The number of nitrogens with zero attached hydrogens (tertiary/aromatic N) is 1. The summed E-state index contributed by atoms with van der Waals surface area (Å²) in [6, 6.07) is 33.1. The Kier molecular flexibility index (Phi) is 8.83. The van der Waals surface area contributed by atoms with Crippen LogP contribution in [0.2, 0.25) is 0 Å². The molecule has 202 valence electrons. The molecular formula is C33H26N4O3S. The fraction of sp³-hybridized carbons (Fsp3) is 0.0303. The molecule has 7 nitrogen and oxygen atoms in total. The number of amides is 3. The summed E-state index contributed by atoms with van der Waals surface area (Å²) in [5.74, 6) is -0.751. The lowest BCUT2D eigenvalue weighted by atomic mass is 10.1. The van der Waals surface area contributed by atoms with Gasteiger partial charge in [0.1, 0.15) is 5.70 Å². The summed E-state index contributed by atoms with van der Waals surface area (Å²) >= 11 is 1.39. The molecule has 0 radical (unpaired) electrons. The summed E-state index contributed by atoms with van der Waals surface area (Å²) in [6.07, 6.45) is 4.80. The normalized spacial score (nSPS) is 11.1. The first-order chi connectivity index (χ1) is 20.0. The van der Waals surface area contributed by atoms with E-state index in [-0.39, 0.29) is 17.4 Å². The molecular weight excluding hydrogens is 532 g/mol. The molecule has 0 atom stereocenters. The van der Waals surface area contributed by atoms with Crippen LogP contribution in [-0.4, -0.2) is 28.5 Å². The average Bonchev–Trinajstić information content (AvgIpc) is 3.01. The number of thioether (sulfide) groups is 1. The largest absolute Gasteiger partial charge is 0.325 e. The number of aromatic nitrogens is 1. The highest BCUT2D eigenvalue weighted by Gasteiger charge is 2.15. The number of nitrogens with one attached hydrogen (secondary N) is 3. The Morgan fingerprint density at radius 1 is 0.756 bits per heavy atom. The van der Waals surface area contributed by atoms with Crippen LogP contribution in [0, 0.1) is 0 Å². The van der Waals surface area contributed by atoms with E-state index in [1.54, 1.807) is 67.0 Å². The van der Waals surface area contributed by atoms with Crippen LogP contribution in [0.5, 0.6) is 0 Å². The number of fused-ring (bicyclic) bond motifs is 1. The Balaban J connectivity index is 1.21. The molecule has 1 aromatic heterocycles. The lowest BCUT2D eigenvalue weighted by Crippen LogP contribution is -2.30. The van der Waals surface area contributed by atoms with Crippen molar-refractivity contribution in [3.8, 4) is 0 Å². The summed E-state index contributed by atoms with van der Waals surface area (Å²) < 4.78 is 0. The van der Waals surface area contributed by atoms with E-state index in [4.69, 9.17) is 0 Å². The first kappa shape index (κ1) is 27.4. The van der Waals surface area contributed by atoms with Crippen LogP contribution in [0.3, 0.4) is 0 Å². The van der Waals surface area contributed by atoms with Gasteiger partial charge >= 0.3 is 0 Å². The lowest BCUT2D eigenvalue weighted by Gasteiger charge is -2.12. The van der Waals surface area contributed by atoms with Crippen LogP contribution >= 0.6 is 11.8 Å². The van der Waals surface area contributed by atoms with Gasteiger partial charge in [0.15, 0.2) is 0 Å². The average molecular weight is 559 g/mol. The first-order valence-electron chi connectivity index (χ1n) is 12.8. The van der Waals surface area contributed by atoms with Gasteiger partial charge in [0.2, 0.25) is 5.91 Å². The quantitative estimate of drug-likeness (QED) is 0.144. The Labute approximate surface area is 241 Å². The zero-order chi connectivity index (χ0) is 28.4. The molecule has 41 heavy (non-hydrogen) atoms. The van der Waals surface area contributed by atoms with Gasteiger partial charge in [0, 0.05) is 39.6 Å². The molecule has 3 amide bonds. The molecule has 5 aromatic rings. The molecule has 0 aliphatic heterocycles. The van der Waals surface area contributed by atoms with Crippen molar-refractivity contribution >= 4 is 57.7 Å². The van der Waals surface area contributed by atoms with Gasteiger partial charge in [0.25, 0.3) is 11.8 Å². The van der Waals surface area contributed by atoms with Crippen molar-refractivity contribution in [2.24, 2.45) is 0 Å². The molecule has 0 saturated heterocycles. The topological polar surface area (TPSA) is 100 Å². The minimum atomic E-state index is -0.479. The van der Waals surface area contributed by atoms with Crippen LogP contribution in [0.25, 0.3) is 16.8 Å². The first-order valence-corrected chi connectivity index (χ1v) is 13.8. The van der Waals surface area contributed by atoms with Crippen molar-refractivity contribution in [3.05, 3.63) is 138 Å². The van der Waals surface area contributed by atoms with E-state index in [0.29, 0.717) is 16.8 Å². The second kappa shape index (κ2) is 13.2. The van der Waals surface area contributed by atoms with Crippen LogP contribution < -0.4 is 16.0 Å². The third-order valence-electron chi connectivity index (χ3n) is 6.07. The summed E-state index contributed by atoms with van der Waals surface area (Å²) in [5, 5.41) is 10.6. The monoisotopic (exact) mass is 558 g/mol. The summed E-state index contributed by atoms with van der Waals surface area (Å²) in [4.78, 5) is 43.5. The van der Waals surface area contributed by atoms with Crippen LogP contribution in [-0.2, 0) is 9.59 Å². The zero-order valence-corrected chi connectivity index (χ0v) is 22.7. The fourth-order valence-corrected chi connectivity index (χ4v) is 4.77. The van der Waals surface area contributed by atoms with Crippen LogP contribution in [0.15, 0.2) is 132 Å². The Bertz CT molecular complexity index is 1700. The van der Waals surface area contributed by atoms with E-state index in [0.717, 1.165) is 21.4 Å². The molecule has 0 saturated carbocycles. The fourth-order valence-electron chi connectivity index (χ4n) is 4.07. The summed E-state index contributed by atoms with van der Waals surface area (Å²) in [7, 11) is 0. The lowest BCUT2D eigenvalue weighted by molar-refractivity contribution is -0.114. The van der Waals surface area contributed by atoms with Gasteiger partial charge in [-0.2, -0.15) is 0 Å². The van der Waals surface area contributed by atoms with Crippen molar-refractivity contribution in [2.75, 3.05) is 16.4 Å².